The molecule has 0 aliphatic heterocycles. The Morgan fingerprint density at radius 2 is 2.50 bits per heavy atom. The molecule has 6 heteroatoms. The van der Waals surface area contributed by atoms with Gasteiger partial charge < -0.3 is 10.1 Å². The summed E-state index contributed by atoms with van der Waals surface area (Å²) in [5.41, 5.74) is 0.814. The molecular weight excluding hydrogens is 187 g/mol. The number of aromatic nitrogens is 3. The summed E-state index contributed by atoms with van der Waals surface area (Å²) in [6, 6.07) is 0. The van der Waals surface area contributed by atoms with Crippen LogP contribution in [0.15, 0.2) is 6.20 Å². The number of ether oxygens (including phenoxy) is 1. The van der Waals surface area contributed by atoms with Crippen LogP contribution in [0.3, 0.4) is 0 Å². The molecule has 1 heterocycles. The van der Waals surface area contributed by atoms with Gasteiger partial charge in [-0.05, 0) is 0 Å². The fourth-order valence-electron chi connectivity index (χ4n) is 1.01. The van der Waals surface area contributed by atoms with Crippen molar-refractivity contribution in [3.8, 4) is 0 Å². The maximum absolute atomic E-state index is 11.9. The van der Waals surface area contributed by atoms with E-state index >= 15 is 0 Å². The number of rotatable bonds is 7. The zero-order chi connectivity index (χ0) is 10.2. The van der Waals surface area contributed by atoms with Gasteiger partial charge in [0.25, 0.3) is 0 Å². The zero-order valence-electron chi connectivity index (χ0n) is 8.24. The molecule has 0 atom stereocenters. The van der Waals surface area contributed by atoms with Gasteiger partial charge in [0.15, 0.2) is 0 Å². The largest absolute Gasteiger partial charge is 0.383 e. The fraction of sp³-hybridized carbons (Fsp3) is 0.750. The lowest BCUT2D eigenvalue weighted by Gasteiger charge is -1.99. The summed E-state index contributed by atoms with van der Waals surface area (Å²) in [5, 5.41) is 10.8. The standard InChI is InChI=1S/C8H15FN4O/c1-14-5-3-10-6-8-7-13(4-2-9)12-11-8/h7,10H,2-6H2,1H3. The minimum atomic E-state index is -0.417. The molecule has 1 aromatic rings. The molecule has 1 aromatic heterocycles. The van der Waals surface area contributed by atoms with Crippen LogP contribution < -0.4 is 5.32 Å². The van der Waals surface area contributed by atoms with Gasteiger partial charge in [0.05, 0.1) is 18.8 Å². The number of methoxy groups -OCH3 is 1. The molecule has 1 N–H and O–H groups in total. The van der Waals surface area contributed by atoms with Crippen molar-refractivity contribution in [1.29, 1.82) is 0 Å². The highest BCUT2D eigenvalue weighted by Crippen LogP contribution is 1.92. The first kappa shape index (κ1) is 11.1. The molecule has 0 unspecified atom stereocenters. The van der Waals surface area contributed by atoms with Gasteiger partial charge in [-0.1, -0.05) is 5.21 Å². The van der Waals surface area contributed by atoms with Crippen LogP contribution in [0.5, 0.6) is 0 Å². The van der Waals surface area contributed by atoms with Crippen LogP contribution in [0.2, 0.25) is 0 Å². The van der Waals surface area contributed by atoms with E-state index in [0.717, 1.165) is 12.2 Å². The molecule has 1 rings (SSSR count). The molecule has 0 aromatic carbocycles. The third-order valence-corrected chi connectivity index (χ3v) is 1.69. The lowest BCUT2D eigenvalue weighted by molar-refractivity contribution is 0.199. The van der Waals surface area contributed by atoms with Crippen molar-refractivity contribution in [3.63, 3.8) is 0 Å². The third kappa shape index (κ3) is 3.80. The van der Waals surface area contributed by atoms with Crippen LogP contribution in [0.25, 0.3) is 0 Å². The molecule has 80 valence electrons. The summed E-state index contributed by atoms with van der Waals surface area (Å²) in [4.78, 5) is 0. The number of hydrogen-bond donors (Lipinski definition) is 1. The number of nitrogens with one attached hydrogen (secondary N) is 1. The first-order valence-corrected chi connectivity index (χ1v) is 4.51. The molecule has 14 heavy (non-hydrogen) atoms. The fourth-order valence-corrected chi connectivity index (χ4v) is 1.01. The Hall–Kier alpha value is -1.01. The Morgan fingerprint density at radius 3 is 3.21 bits per heavy atom. The van der Waals surface area contributed by atoms with Crippen LogP contribution in [0.4, 0.5) is 4.39 Å². The molecule has 0 fully saturated rings. The first-order chi connectivity index (χ1) is 6.86. The van der Waals surface area contributed by atoms with Crippen molar-refractivity contribution < 1.29 is 9.13 Å². The van der Waals surface area contributed by atoms with Gasteiger partial charge in [0, 0.05) is 26.4 Å². The number of halogens is 1. The van der Waals surface area contributed by atoms with Crippen LogP contribution in [0, 0.1) is 0 Å². The molecular formula is C8H15FN4O. The zero-order valence-corrected chi connectivity index (χ0v) is 8.24. The van der Waals surface area contributed by atoms with Crippen molar-refractivity contribution in [2.24, 2.45) is 0 Å². The van der Waals surface area contributed by atoms with Crippen molar-refractivity contribution in [3.05, 3.63) is 11.9 Å². The van der Waals surface area contributed by atoms with Crippen LogP contribution in [0.1, 0.15) is 5.69 Å². The molecule has 0 amide bonds. The van der Waals surface area contributed by atoms with E-state index in [1.54, 1.807) is 13.3 Å². The van der Waals surface area contributed by atoms with E-state index in [0.29, 0.717) is 13.2 Å². The van der Waals surface area contributed by atoms with Gasteiger partial charge in [-0.3, -0.25) is 0 Å². The predicted octanol–water partition coefficient (Wildman–Crippen LogP) is -0.0164. The quantitative estimate of drug-likeness (QED) is 0.631. The number of hydrogen-bond acceptors (Lipinski definition) is 4. The third-order valence-electron chi connectivity index (χ3n) is 1.69. The predicted molar refractivity (Wildman–Crippen MR) is 49.6 cm³/mol. The Balaban J connectivity index is 2.22. The summed E-state index contributed by atoms with van der Waals surface area (Å²) >= 11 is 0. The van der Waals surface area contributed by atoms with Crippen LogP contribution >= 0.6 is 0 Å². The molecule has 0 aliphatic rings. The van der Waals surface area contributed by atoms with E-state index < -0.39 is 6.67 Å². The molecule has 0 bridgehead atoms. The van der Waals surface area contributed by atoms with E-state index in [4.69, 9.17) is 4.74 Å². The van der Waals surface area contributed by atoms with E-state index in [1.807, 2.05) is 0 Å². The van der Waals surface area contributed by atoms with Gasteiger partial charge >= 0.3 is 0 Å². The van der Waals surface area contributed by atoms with Crippen molar-refractivity contribution in [2.45, 2.75) is 13.1 Å². The van der Waals surface area contributed by atoms with Gasteiger partial charge in [0.2, 0.25) is 0 Å². The van der Waals surface area contributed by atoms with Crippen molar-refractivity contribution in [2.75, 3.05) is 26.9 Å². The van der Waals surface area contributed by atoms with E-state index in [1.165, 1.54) is 4.68 Å². The Morgan fingerprint density at radius 1 is 1.64 bits per heavy atom. The number of alkyl halides is 1. The minimum absolute atomic E-state index is 0.269. The topological polar surface area (TPSA) is 52.0 Å². The van der Waals surface area contributed by atoms with Crippen LogP contribution in [-0.4, -0.2) is 41.9 Å². The highest BCUT2D eigenvalue weighted by Gasteiger charge is 1.99. The molecule has 5 nitrogen and oxygen atoms in total. The van der Waals surface area contributed by atoms with Gasteiger partial charge in [-0.25, -0.2) is 9.07 Å². The average molecular weight is 202 g/mol. The number of aryl methyl sites for hydroxylation is 1. The molecule has 0 saturated heterocycles. The molecule has 0 spiro atoms. The Labute approximate surface area is 82.2 Å². The SMILES string of the molecule is COCCNCc1cn(CCF)nn1. The van der Waals surface area contributed by atoms with Gasteiger partial charge in [-0.2, -0.15) is 0 Å². The summed E-state index contributed by atoms with van der Waals surface area (Å²) in [5.74, 6) is 0. The van der Waals surface area contributed by atoms with Crippen molar-refractivity contribution in [1.82, 2.24) is 20.3 Å². The first-order valence-electron chi connectivity index (χ1n) is 4.51. The lowest BCUT2D eigenvalue weighted by Crippen LogP contribution is -2.18. The molecule has 0 saturated carbocycles. The Bertz CT molecular complexity index is 253. The summed E-state index contributed by atoms with van der Waals surface area (Å²) in [6.45, 7) is 1.92. The van der Waals surface area contributed by atoms with E-state index in [9.17, 15) is 4.39 Å². The highest BCUT2D eigenvalue weighted by atomic mass is 19.1. The summed E-state index contributed by atoms with van der Waals surface area (Å²) < 4.78 is 18.3. The van der Waals surface area contributed by atoms with E-state index in [-0.39, 0.29) is 6.54 Å². The molecule has 0 aliphatic carbocycles. The normalized spacial score (nSPS) is 10.7. The van der Waals surface area contributed by atoms with E-state index in [2.05, 4.69) is 15.6 Å². The second-order valence-electron chi connectivity index (χ2n) is 2.83. The Kier molecular flexibility index (Phi) is 5.09. The van der Waals surface area contributed by atoms with Gasteiger partial charge in [0.1, 0.15) is 6.67 Å². The lowest BCUT2D eigenvalue weighted by atomic mass is 10.4. The molecule has 0 radical (unpaired) electrons. The monoisotopic (exact) mass is 202 g/mol. The smallest absolute Gasteiger partial charge is 0.109 e. The highest BCUT2D eigenvalue weighted by molar-refractivity contribution is 4.91. The maximum Gasteiger partial charge on any atom is 0.109 e. The number of nitrogens with zero attached hydrogens (tertiary/aromatic N) is 3. The second-order valence-corrected chi connectivity index (χ2v) is 2.83. The second kappa shape index (κ2) is 6.44. The van der Waals surface area contributed by atoms with Crippen molar-refractivity contribution >= 4 is 0 Å². The van der Waals surface area contributed by atoms with Crippen LogP contribution in [-0.2, 0) is 17.8 Å². The summed E-state index contributed by atoms with van der Waals surface area (Å²) in [6.07, 6.45) is 1.74. The summed E-state index contributed by atoms with van der Waals surface area (Å²) in [7, 11) is 1.65. The van der Waals surface area contributed by atoms with Gasteiger partial charge in [-0.15, -0.1) is 5.10 Å². The maximum atomic E-state index is 11.9. The minimum Gasteiger partial charge on any atom is -0.383 e. The average Bonchev–Trinajstić information content (AvgIpc) is 2.61.